The maximum absolute atomic E-state index is 11.7. The summed E-state index contributed by atoms with van der Waals surface area (Å²) in [5.41, 5.74) is -0.595. The highest BCUT2D eigenvalue weighted by atomic mass is 16.6. The molecule has 2 rings (SSSR count). The minimum atomic E-state index is -0.595. The van der Waals surface area contributed by atoms with E-state index >= 15 is 0 Å². The SMILES string of the molecule is O=C(OCCC1(O)CCCCC1)N1CCNCC1. The molecule has 1 saturated heterocycles. The minimum absolute atomic E-state index is 0.240. The summed E-state index contributed by atoms with van der Waals surface area (Å²) in [4.78, 5) is 13.5. The van der Waals surface area contributed by atoms with Gasteiger partial charge in [0.2, 0.25) is 0 Å². The van der Waals surface area contributed by atoms with Crippen molar-refractivity contribution in [3.63, 3.8) is 0 Å². The molecule has 104 valence electrons. The molecular weight excluding hydrogens is 232 g/mol. The summed E-state index contributed by atoms with van der Waals surface area (Å²) < 4.78 is 5.25. The van der Waals surface area contributed by atoms with E-state index in [4.69, 9.17) is 4.74 Å². The van der Waals surface area contributed by atoms with Crippen LogP contribution in [0.4, 0.5) is 4.79 Å². The topological polar surface area (TPSA) is 61.8 Å². The Labute approximate surface area is 108 Å². The molecule has 0 radical (unpaired) electrons. The number of nitrogens with zero attached hydrogens (tertiary/aromatic N) is 1. The Kier molecular flexibility index (Phi) is 4.83. The normalized spacial score (nSPS) is 23.7. The van der Waals surface area contributed by atoms with Crippen LogP contribution < -0.4 is 5.32 Å². The molecule has 2 fully saturated rings. The van der Waals surface area contributed by atoms with Crippen LogP contribution in [0.3, 0.4) is 0 Å². The van der Waals surface area contributed by atoms with Crippen LogP contribution in [-0.4, -0.2) is 54.5 Å². The first-order valence-electron chi connectivity index (χ1n) is 7.04. The van der Waals surface area contributed by atoms with Gasteiger partial charge in [0.1, 0.15) is 0 Å². The smallest absolute Gasteiger partial charge is 0.409 e. The molecular formula is C13H24N2O3. The van der Waals surface area contributed by atoms with Gasteiger partial charge < -0.3 is 20.1 Å². The molecule has 5 nitrogen and oxygen atoms in total. The van der Waals surface area contributed by atoms with Gasteiger partial charge in [0.05, 0.1) is 12.2 Å². The van der Waals surface area contributed by atoms with Gasteiger partial charge in [-0.15, -0.1) is 0 Å². The van der Waals surface area contributed by atoms with Crippen molar-refractivity contribution in [1.82, 2.24) is 10.2 Å². The van der Waals surface area contributed by atoms with Crippen LogP contribution in [0.2, 0.25) is 0 Å². The summed E-state index contributed by atoms with van der Waals surface area (Å²) >= 11 is 0. The standard InChI is InChI=1S/C13H24N2O3/c16-12(15-9-7-14-8-10-15)18-11-6-13(17)4-2-1-3-5-13/h14,17H,1-11H2. The van der Waals surface area contributed by atoms with Crippen molar-refractivity contribution in [2.45, 2.75) is 44.1 Å². The highest BCUT2D eigenvalue weighted by molar-refractivity contribution is 5.67. The number of piperazine rings is 1. The van der Waals surface area contributed by atoms with Crippen LogP contribution in [0.25, 0.3) is 0 Å². The number of aliphatic hydroxyl groups is 1. The number of amides is 1. The van der Waals surface area contributed by atoms with E-state index in [0.29, 0.717) is 26.1 Å². The van der Waals surface area contributed by atoms with Gasteiger partial charge in [0, 0.05) is 32.6 Å². The molecule has 0 spiro atoms. The molecule has 1 aliphatic carbocycles. The van der Waals surface area contributed by atoms with Crippen LogP contribution in [0.15, 0.2) is 0 Å². The van der Waals surface area contributed by atoms with E-state index in [1.165, 1.54) is 6.42 Å². The molecule has 2 aliphatic rings. The van der Waals surface area contributed by atoms with Crippen molar-refractivity contribution in [2.75, 3.05) is 32.8 Å². The first kappa shape index (κ1) is 13.6. The third-order valence-corrected chi connectivity index (χ3v) is 3.95. The second-order valence-corrected chi connectivity index (χ2v) is 5.39. The largest absolute Gasteiger partial charge is 0.449 e. The van der Waals surface area contributed by atoms with Crippen molar-refractivity contribution in [1.29, 1.82) is 0 Å². The summed E-state index contributed by atoms with van der Waals surface area (Å²) in [6.07, 6.45) is 5.41. The number of rotatable bonds is 3. The van der Waals surface area contributed by atoms with Gasteiger partial charge in [0.25, 0.3) is 0 Å². The van der Waals surface area contributed by atoms with Crippen LogP contribution in [0.5, 0.6) is 0 Å². The molecule has 0 aromatic rings. The van der Waals surface area contributed by atoms with E-state index in [-0.39, 0.29) is 6.09 Å². The number of carbonyl (C=O) groups is 1. The summed E-state index contributed by atoms with van der Waals surface area (Å²) in [5, 5.41) is 13.5. The third-order valence-electron chi connectivity index (χ3n) is 3.95. The summed E-state index contributed by atoms with van der Waals surface area (Å²) in [5.74, 6) is 0. The predicted molar refractivity (Wildman–Crippen MR) is 68.4 cm³/mol. The van der Waals surface area contributed by atoms with E-state index in [1.807, 2.05) is 0 Å². The third kappa shape index (κ3) is 3.85. The van der Waals surface area contributed by atoms with Gasteiger partial charge in [-0.25, -0.2) is 4.79 Å². The molecule has 0 bridgehead atoms. The van der Waals surface area contributed by atoms with Crippen molar-refractivity contribution in [3.05, 3.63) is 0 Å². The molecule has 1 heterocycles. The number of hydrogen-bond acceptors (Lipinski definition) is 4. The van der Waals surface area contributed by atoms with Crippen LogP contribution >= 0.6 is 0 Å². The van der Waals surface area contributed by atoms with E-state index in [2.05, 4.69) is 5.32 Å². The number of ether oxygens (including phenoxy) is 1. The maximum atomic E-state index is 11.7. The average molecular weight is 256 g/mol. The Morgan fingerprint density at radius 2 is 1.89 bits per heavy atom. The molecule has 0 aromatic heterocycles. The monoisotopic (exact) mass is 256 g/mol. The Morgan fingerprint density at radius 3 is 2.56 bits per heavy atom. The summed E-state index contributed by atoms with van der Waals surface area (Å²) in [7, 11) is 0. The van der Waals surface area contributed by atoms with E-state index in [9.17, 15) is 9.90 Å². The Hall–Kier alpha value is -0.810. The van der Waals surface area contributed by atoms with Crippen molar-refractivity contribution < 1.29 is 14.6 Å². The highest BCUT2D eigenvalue weighted by Crippen LogP contribution is 2.30. The fraction of sp³-hybridized carbons (Fsp3) is 0.923. The van der Waals surface area contributed by atoms with Gasteiger partial charge in [-0.05, 0) is 12.8 Å². The lowest BCUT2D eigenvalue weighted by atomic mass is 9.83. The number of nitrogens with one attached hydrogen (secondary N) is 1. The molecule has 0 atom stereocenters. The van der Waals surface area contributed by atoms with Crippen molar-refractivity contribution >= 4 is 6.09 Å². The Morgan fingerprint density at radius 1 is 1.22 bits per heavy atom. The predicted octanol–water partition coefficient (Wildman–Crippen LogP) is 1.11. The Balaban J connectivity index is 1.66. The fourth-order valence-electron chi connectivity index (χ4n) is 2.73. The zero-order chi connectivity index (χ0) is 12.8. The summed E-state index contributed by atoms with van der Waals surface area (Å²) in [6.45, 7) is 3.42. The molecule has 0 aromatic carbocycles. The lowest BCUT2D eigenvalue weighted by Gasteiger charge is -2.32. The van der Waals surface area contributed by atoms with Crippen molar-refractivity contribution in [3.8, 4) is 0 Å². The minimum Gasteiger partial charge on any atom is -0.449 e. The van der Waals surface area contributed by atoms with Gasteiger partial charge in [-0.1, -0.05) is 19.3 Å². The molecule has 0 unspecified atom stereocenters. The molecule has 1 saturated carbocycles. The second-order valence-electron chi connectivity index (χ2n) is 5.39. The number of hydrogen-bond donors (Lipinski definition) is 2. The summed E-state index contributed by atoms with van der Waals surface area (Å²) in [6, 6.07) is 0. The van der Waals surface area contributed by atoms with Gasteiger partial charge in [0.15, 0.2) is 0 Å². The second kappa shape index (κ2) is 6.38. The van der Waals surface area contributed by atoms with Gasteiger partial charge >= 0.3 is 6.09 Å². The van der Waals surface area contributed by atoms with E-state index in [1.54, 1.807) is 4.90 Å². The molecule has 5 heteroatoms. The maximum Gasteiger partial charge on any atom is 0.409 e. The van der Waals surface area contributed by atoms with Crippen LogP contribution in [0, 0.1) is 0 Å². The highest BCUT2D eigenvalue weighted by Gasteiger charge is 2.29. The lowest BCUT2D eigenvalue weighted by Crippen LogP contribution is -2.46. The van der Waals surface area contributed by atoms with Gasteiger partial charge in [-0.2, -0.15) is 0 Å². The van der Waals surface area contributed by atoms with Crippen LogP contribution in [0.1, 0.15) is 38.5 Å². The van der Waals surface area contributed by atoms with Gasteiger partial charge in [-0.3, -0.25) is 0 Å². The molecule has 2 N–H and O–H groups in total. The average Bonchev–Trinajstić information content (AvgIpc) is 2.40. The van der Waals surface area contributed by atoms with E-state index in [0.717, 1.165) is 38.8 Å². The number of carbonyl (C=O) groups excluding carboxylic acids is 1. The first-order valence-corrected chi connectivity index (χ1v) is 7.04. The molecule has 1 aliphatic heterocycles. The quantitative estimate of drug-likeness (QED) is 0.794. The lowest BCUT2D eigenvalue weighted by molar-refractivity contribution is -0.0211. The fourth-order valence-corrected chi connectivity index (χ4v) is 2.73. The van der Waals surface area contributed by atoms with Crippen LogP contribution in [-0.2, 0) is 4.74 Å². The first-order chi connectivity index (χ1) is 8.70. The zero-order valence-electron chi connectivity index (χ0n) is 11.0. The molecule has 1 amide bonds. The Bertz CT molecular complexity index is 271. The molecule has 18 heavy (non-hydrogen) atoms. The van der Waals surface area contributed by atoms with Crippen molar-refractivity contribution in [2.24, 2.45) is 0 Å². The zero-order valence-corrected chi connectivity index (χ0v) is 11.0. The van der Waals surface area contributed by atoms with E-state index < -0.39 is 5.60 Å².